The number of hydrogen-bond donors (Lipinski definition) is 0. The third-order valence-corrected chi connectivity index (χ3v) is 3.50. The Morgan fingerprint density at radius 3 is 3.00 bits per heavy atom. The summed E-state index contributed by atoms with van der Waals surface area (Å²) in [5, 5.41) is 0. The molecule has 1 aliphatic rings. The molecule has 1 aromatic carbocycles. The number of halogens is 1. The Kier molecular flexibility index (Phi) is 3.89. The normalized spacial score (nSPS) is 21.4. The first kappa shape index (κ1) is 12.2. The minimum Gasteiger partial charge on any atom is -0.302 e. The molecule has 0 aliphatic carbocycles. The molecule has 1 heterocycles. The van der Waals surface area contributed by atoms with Gasteiger partial charge in [-0.15, -0.1) is 0 Å². The van der Waals surface area contributed by atoms with E-state index in [2.05, 4.69) is 4.90 Å². The molecule has 1 saturated heterocycles. The van der Waals surface area contributed by atoms with Gasteiger partial charge in [0.05, 0.1) is 6.04 Å². The molecule has 3 heteroatoms. The van der Waals surface area contributed by atoms with Gasteiger partial charge in [-0.2, -0.15) is 0 Å². The van der Waals surface area contributed by atoms with Gasteiger partial charge >= 0.3 is 0 Å². The Hall–Kier alpha value is -1.22. The Morgan fingerprint density at radius 1 is 1.47 bits per heavy atom. The van der Waals surface area contributed by atoms with Crippen LogP contribution in [-0.4, -0.2) is 23.8 Å². The zero-order valence-corrected chi connectivity index (χ0v) is 10.2. The van der Waals surface area contributed by atoms with E-state index < -0.39 is 0 Å². The smallest absolute Gasteiger partial charge is 0.137 e. The van der Waals surface area contributed by atoms with Crippen LogP contribution >= 0.6 is 0 Å². The number of aryl methyl sites for hydroxylation is 1. The molecule has 2 rings (SSSR count). The highest BCUT2D eigenvalue weighted by Gasteiger charge is 2.22. The summed E-state index contributed by atoms with van der Waals surface area (Å²) in [6.45, 7) is 3.62. The van der Waals surface area contributed by atoms with Crippen molar-refractivity contribution in [3.63, 3.8) is 0 Å². The van der Waals surface area contributed by atoms with Gasteiger partial charge in [0.15, 0.2) is 0 Å². The van der Waals surface area contributed by atoms with Gasteiger partial charge in [-0.1, -0.05) is 12.5 Å². The number of piperidine rings is 1. The summed E-state index contributed by atoms with van der Waals surface area (Å²) in [5.74, 6) is -0.197. The van der Waals surface area contributed by atoms with Crippen LogP contribution in [0.4, 0.5) is 4.39 Å². The van der Waals surface area contributed by atoms with E-state index in [0.717, 1.165) is 49.8 Å². The number of hydrogen-bond acceptors (Lipinski definition) is 2. The zero-order chi connectivity index (χ0) is 12.3. The molecule has 17 heavy (non-hydrogen) atoms. The van der Waals surface area contributed by atoms with Crippen molar-refractivity contribution in [1.29, 1.82) is 0 Å². The lowest BCUT2D eigenvalue weighted by Gasteiger charge is -2.32. The van der Waals surface area contributed by atoms with E-state index >= 15 is 0 Å². The molecule has 1 atom stereocenters. The number of rotatable bonds is 3. The second-order valence-corrected chi connectivity index (χ2v) is 4.74. The van der Waals surface area contributed by atoms with Gasteiger partial charge in [0.25, 0.3) is 0 Å². The third-order valence-electron chi connectivity index (χ3n) is 3.50. The number of nitrogens with zero attached hydrogens (tertiary/aromatic N) is 1. The standard InChI is InChI=1S/C14H18FNO/c1-11-8-13(15)6-5-12(11)9-16-7-3-2-4-14(16)10-17/h5-6,8,10,14H,2-4,7,9H2,1H3. The zero-order valence-electron chi connectivity index (χ0n) is 10.2. The van der Waals surface area contributed by atoms with E-state index in [1.807, 2.05) is 13.0 Å². The number of aldehydes is 1. The maximum Gasteiger partial charge on any atom is 0.137 e. The van der Waals surface area contributed by atoms with E-state index in [0.29, 0.717) is 0 Å². The second-order valence-electron chi connectivity index (χ2n) is 4.74. The first-order valence-electron chi connectivity index (χ1n) is 6.15. The summed E-state index contributed by atoms with van der Waals surface area (Å²) in [6, 6.07) is 4.90. The van der Waals surface area contributed by atoms with Crippen LogP contribution in [0.5, 0.6) is 0 Å². The van der Waals surface area contributed by atoms with E-state index in [4.69, 9.17) is 0 Å². The van der Waals surface area contributed by atoms with E-state index in [9.17, 15) is 9.18 Å². The van der Waals surface area contributed by atoms with Crippen LogP contribution < -0.4 is 0 Å². The van der Waals surface area contributed by atoms with Crippen molar-refractivity contribution in [2.75, 3.05) is 6.54 Å². The number of carbonyl (C=O) groups is 1. The quantitative estimate of drug-likeness (QED) is 0.751. The fourth-order valence-corrected chi connectivity index (χ4v) is 2.42. The molecule has 0 radical (unpaired) electrons. The lowest BCUT2D eigenvalue weighted by molar-refractivity contribution is -0.113. The molecule has 0 amide bonds. The molecule has 1 aliphatic heterocycles. The first-order chi connectivity index (χ1) is 8.20. The lowest BCUT2D eigenvalue weighted by Crippen LogP contribution is -2.40. The number of benzene rings is 1. The van der Waals surface area contributed by atoms with Crippen molar-refractivity contribution < 1.29 is 9.18 Å². The van der Waals surface area contributed by atoms with Crippen molar-refractivity contribution in [3.05, 3.63) is 35.1 Å². The lowest BCUT2D eigenvalue weighted by atomic mass is 10.0. The molecular formula is C14H18FNO. The van der Waals surface area contributed by atoms with Gasteiger partial charge in [-0.05, 0) is 49.6 Å². The first-order valence-corrected chi connectivity index (χ1v) is 6.15. The molecule has 0 spiro atoms. The van der Waals surface area contributed by atoms with E-state index in [-0.39, 0.29) is 11.9 Å². The largest absolute Gasteiger partial charge is 0.302 e. The highest BCUT2D eigenvalue weighted by Crippen LogP contribution is 2.20. The Labute approximate surface area is 101 Å². The van der Waals surface area contributed by atoms with Gasteiger partial charge in [-0.25, -0.2) is 4.39 Å². The summed E-state index contributed by atoms with van der Waals surface area (Å²) in [5.41, 5.74) is 2.07. The molecule has 1 fully saturated rings. The summed E-state index contributed by atoms with van der Waals surface area (Å²) in [4.78, 5) is 13.2. The van der Waals surface area contributed by atoms with E-state index in [1.54, 1.807) is 6.07 Å². The molecule has 1 unspecified atom stereocenters. The average Bonchev–Trinajstić information content (AvgIpc) is 2.33. The van der Waals surface area contributed by atoms with Crippen LogP contribution in [0.15, 0.2) is 18.2 Å². The molecule has 0 aromatic heterocycles. The van der Waals surface area contributed by atoms with Crippen LogP contribution in [0.25, 0.3) is 0 Å². The molecule has 2 nitrogen and oxygen atoms in total. The van der Waals surface area contributed by atoms with Crippen molar-refractivity contribution in [2.24, 2.45) is 0 Å². The van der Waals surface area contributed by atoms with Crippen molar-refractivity contribution in [1.82, 2.24) is 4.90 Å². The Morgan fingerprint density at radius 2 is 2.29 bits per heavy atom. The minimum atomic E-state index is -0.197. The summed E-state index contributed by atoms with van der Waals surface area (Å²) >= 11 is 0. The summed E-state index contributed by atoms with van der Waals surface area (Å²) < 4.78 is 13.0. The number of likely N-dealkylation sites (tertiary alicyclic amines) is 1. The average molecular weight is 235 g/mol. The van der Waals surface area contributed by atoms with Gasteiger partial charge in [-0.3, -0.25) is 4.90 Å². The molecule has 1 aromatic rings. The van der Waals surface area contributed by atoms with Crippen LogP contribution in [-0.2, 0) is 11.3 Å². The van der Waals surface area contributed by atoms with E-state index in [1.165, 1.54) is 6.07 Å². The molecule has 0 N–H and O–H groups in total. The fraction of sp³-hybridized carbons (Fsp3) is 0.500. The van der Waals surface area contributed by atoms with Crippen LogP contribution in [0.3, 0.4) is 0 Å². The Balaban J connectivity index is 2.10. The van der Waals surface area contributed by atoms with Crippen LogP contribution in [0, 0.1) is 12.7 Å². The summed E-state index contributed by atoms with van der Waals surface area (Å²) in [6.07, 6.45) is 4.26. The summed E-state index contributed by atoms with van der Waals surface area (Å²) in [7, 11) is 0. The molecule has 0 bridgehead atoms. The second kappa shape index (κ2) is 5.41. The SMILES string of the molecule is Cc1cc(F)ccc1CN1CCCCC1C=O. The van der Waals surface area contributed by atoms with Gasteiger partial charge in [0, 0.05) is 6.54 Å². The van der Waals surface area contributed by atoms with Crippen molar-refractivity contribution >= 4 is 6.29 Å². The number of carbonyl (C=O) groups excluding carboxylic acids is 1. The monoisotopic (exact) mass is 235 g/mol. The molecular weight excluding hydrogens is 217 g/mol. The van der Waals surface area contributed by atoms with Gasteiger partial charge < -0.3 is 4.79 Å². The van der Waals surface area contributed by atoms with Crippen LogP contribution in [0.2, 0.25) is 0 Å². The van der Waals surface area contributed by atoms with Crippen molar-refractivity contribution in [2.45, 2.75) is 38.8 Å². The maximum absolute atomic E-state index is 13.0. The van der Waals surface area contributed by atoms with Crippen LogP contribution in [0.1, 0.15) is 30.4 Å². The van der Waals surface area contributed by atoms with Gasteiger partial charge in [0.1, 0.15) is 12.1 Å². The molecule has 92 valence electrons. The predicted octanol–water partition coefficient (Wildman–Crippen LogP) is 2.69. The van der Waals surface area contributed by atoms with Crippen molar-refractivity contribution in [3.8, 4) is 0 Å². The van der Waals surface area contributed by atoms with Gasteiger partial charge in [0.2, 0.25) is 0 Å². The maximum atomic E-state index is 13.0. The highest BCUT2D eigenvalue weighted by molar-refractivity contribution is 5.57. The molecule has 0 saturated carbocycles. The Bertz CT molecular complexity index is 405. The highest BCUT2D eigenvalue weighted by atomic mass is 19.1. The minimum absolute atomic E-state index is 0.0354. The predicted molar refractivity (Wildman–Crippen MR) is 65.3 cm³/mol. The topological polar surface area (TPSA) is 20.3 Å². The fourth-order valence-electron chi connectivity index (χ4n) is 2.42. The third kappa shape index (κ3) is 2.91.